The highest BCUT2D eigenvalue weighted by molar-refractivity contribution is 7.80. The number of rotatable bonds is 1. The first-order valence-corrected chi connectivity index (χ1v) is 4.28. The second kappa shape index (κ2) is 4.44. The van der Waals surface area contributed by atoms with Gasteiger partial charge in [0.15, 0.2) is 11.3 Å². The number of nitrogens with zero attached hydrogens (tertiary/aromatic N) is 2. The van der Waals surface area contributed by atoms with Gasteiger partial charge in [0, 0.05) is 12.7 Å². The van der Waals surface area contributed by atoms with E-state index >= 15 is 0 Å². The van der Waals surface area contributed by atoms with Crippen LogP contribution in [0.1, 0.15) is 0 Å². The lowest BCUT2D eigenvalue weighted by atomic mass is 10.3. The lowest BCUT2D eigenvalue weighted by Gasteiger charge is -2.12. The van der Waals surface area contributed by atoms with Gasteiger partial charge in [-0.05, 0) is 36.5 Å². The van der Waals surface area contributed by atoms with Crippen LogP contribution in [-0.4, -0.2) is 22.2 Å². The van der Waals surface area contributed by atoms with Crippen LogP contribution in [-0.2, 0) is 0 Å². The van der Waals surface area contributed by atoms with E-state index in [0.717, 1.165) is 5.69 Å². The highest BCUT2D eigenvalue weighted by Gasteiger charge is 2.02. The van der Waals surface area contributed by atoms with Gasteiger partial charge in [0.2, 0.25) is 0 Å². The number of phenolic OH excluding ortho intramolecular Hbond substituents is 1. The van der Waals surface area contributed by atoms with Crippen molar-refractivity contribution in [2.75, 3.05) is 12.4 Å². The van der Waals surface area contributed by atoms with Crippen LogP contribution in [0.5, 0.6) is 5.75 Å². The van der Waals surface area contributed by atoms with Gasteiger partial charge in [-0.1, -0.05) is 0 Å². The molecule has 14 heavy (non-hydrogen) atoms. The average molecular weight is 207 g/mol. The normalized spacial score (nSPS) is 8.86. The molecule has 0 radical (unpaired) electrons. The summed E-state index contributed by atoms with van der Waals surface area (Å²) in [5.41, 5.74) is 0.731. The minimum Gasteiger partial charge on any atom is -0.508 e. The number of benzene rings is 1. The molecule has 5 heteroatoms. The molecule has 1 rings (SSSR count). The Hall–Kier alpha value is -1.80. The van der Waals surface area contributed by atoms with E-state index in [-0.39, 0.29) is 5.75 Å². The Bertz CT molecular complexity index is 369. The summed E-state index contributed by atoms with van der Waals surface area (Å²) in [6, 6.07) is 6.42. The number of hydrogen-bond donors (Lipinski definition) is 2. The molecule has 0 atom stereocenters. The van der Waals surface area contributed by atoms with Crippen LogP contribution in [0.2, 0.25) is 0 Å². The predicted octanol–water partition coefficient (Wildman–Crippen LogP) is 1.50. The summed E-state index contributed by atoms with van der Waals surface area (Å²) in [4.78, 5) is 1.24. The number of hydrogen-bond acceptors (Lipinski definition) is 3. The quantitative estimate of drug-likeness (QED) is 0.316. The third kappa shape index (κ3) is 2.61. The second-order valence-electron chi connectivity index (χ2n) is 2.64. The topological polar surface area (TPSA) is 59.3 Å². The van der Waals surface area contributed by atoms with Crippen molar-refractivity contribution in [3.05, 3.63) is 24.3 Å². The van der Waals surface area contributed by atoms with E-state index in [1.54, 1.807) is 19.2 Å². The van der Waals surface area contributed by atoms with Crippen molar-refractivity contribution in [1.82, 2.24) is 4.90 Å². The summed E-state index contributed by atoms with van der Waals surface area (Å²) in [6.07, 6.45) is 1.88. The van der Waals surface area contributed by atoms with Gasteiger partial charge in [-0.3, -0.25) is 4.90 Å². The minimum absolute atomic E-state index is 0.190. The Morgan fingerprint density at radius 1 is 1.50 bits per heavy atom. The highest BCUT2D eigenvalue weighted by atomic mass is 32.1. The van der Waals surface area contributed by atoms with E-state index in [9.17, 15) is 0 Å². The largest absolute Gasteiger partial charge is 0.508 e. The number of thiocarbonyl (C=S) groups is 1. The summed E-state index contributed by atoms with van der Waals surface area (Å²) in [5.74, 6) is 0.190. The lowest BCUT2D eigenvalue weighted by Crippen LogP contribution is -2.26. The molecule has 0 fully saturated rings. The maximum absolute atomic E-state index is 9.02. The van der Waals surface area contributed by atoms with E-state index in [1.165, 1.54) is 17.0 Å². The van der Waals surface area contributed by atoms with E-state index in [1.807, 2.05) is 6.19 Å². The molecule has 1 aromatic rings. The van der Waals surface area contributed by atoms with Gasteiger partial charge in [-0.2, -0.15) is 5.26 Å². The van der Waals surface area contributed by atoms with Gasteiger partial charge in [0.25, 0.3) is 0 Å². The van der Waals surface area contributed by atoms with Crippen LogP contribution < -0.4 is 5.32 Å². The van der Waals surface area contributed by atoms with Crippen LogP contribution in [0, 0.1) is 11.5 Å². The number of aromatic hydroxyl groups is 1. The van der Waals surface area contributed by atoms with Crippen LogP contribution in [0.4, 0.5) is 5.69 Å². The summed E-state index contributed by atoms with van der Waals surface area (Å²) in [6.45, 7) is 0. The molecular formula is C9H9N3OS. The predicted molar refractivity (Wildman–Crippen MR) is 57.7 cm³/mol. The Morgan fingerprint density at radius 2 is 2.07 bits per heavy atom. The van der Waals surface area contributed by atoms with Crippen molar-refractivity contribution >= 4 is 23.0 Å². The Morgan fingerprint density at radius 3 is 2.57 bits per heavy atom. The molecule has 0 bridgehead atoms. The molecule has 0 spiro atoms. The fraction of sp³-hybridized carbons (Fsp3) is 0.111. The molecule has 2 N–H and O–H groups in total. The molecule has 0 aliphatic heterocycles. The fourth-order valence-electron chi connectivity index (χ4n) is 0.798. The zero-order valence-corrected chi connectivity index (χ0v) is 8.38. The van der Waals surface area contributed by atoms with Crippen molar-refractivity contribution in [2.24, 2.45) is 0 Å². The number of phenols is 1. The fourth-order valence-corrected chi connectivity index (χ4v) is 0.956. The molecule has 0 unspecified atom stereocenters. The SMILES string of the molecule is CN(C#N)C(=S)Nc1ccc(O)cc1. The molecule has 0 aliphatic carbocycles. The van der Waals surface area contributed by atoms with Crippen LogP contribution in [0.3, 0.4) is 0 Å². The van der Waals surface area contributed by atoms with Crippen molar-refractivity contribution < 1.29 is 5.11 Å². The minimum atomic E-state index is 0.190. The Balaban J connectivity index is 2.66. The van der Waals surface area contributed by atoms with Gasteiger partial charge in [-0.25, -0.2) is 0 Å². The van der Waals surface area contributed by atoms with Crippen LogP contribution >= 0.6 is 12.2 Å². The summed E-state index contributed by atoms with van der Waals surface area (Å²) in [7, 11) is 1.57. The molecule has 72 valence electrons. The molecule has 0 aliphatic rings. The van der Waals surface area contributed by atoms with Crippen LogP contribution in [0.15, 0.2) is 24.3 Å². The van der Waals surface area contributed by atoms with Gasteiger partial charge in [0.1, 0.15) is 5.75 Å². The van der Waals surface area contributed by atoms with Gasteiger partial charge >= 0.3 is 0 Å². The van der Waals surface area contributed by atoms with E-state index in [4.69, 9.17) is 22.6 Å². The zero-order valence-electron chi connectivity index (χ0n) is 7.56. The van der Waals surface area contributed by atoms with Crippen molar-refractivity contribution in [3.8, 4) is 11.9 Å². The van der Waals surface area contributed by atoms with Gasteiger partial charge in [0.05, 0.1) is 0 Å². The summed E-state index contributed by atoms with van der Waals surface area (Å²) in [5, 5.41) is 20.7. The molecular weight excluding hydrogens is 198 g/mol. The lowest BCUT2D eigenvalue weighted by molar-refractivity contribution is 0.475. The van der Waals surface area contributed by atoms with Gasteiger partial charge < -0.3 is 10.4 Å². The first-order chi connectivity index (χ1) is 6.63. The molecule has 4 nitrogen and oxygen atoms in total. The third-order valence-corrected chi connectivity index (χ3v) is 1.95. The van der Waals surface area contributed by atoms with Crippen molar-refractivity contribution in [3.63, 3.8) is 0 Å². The van der Waals surface area contributed by atoms with E-state index in [0.29, 0.717) is 5.11 Å². The second-order valence-corrected chi connectivity index (χ2v) is 3.02. The zero-order chi connectivity index (χ0) is 10.6. The summed E-state index contributed by atoms with van der Waals surface area (Å²) >= 11 is 4.92. The smallest absolute Gasteiger partial charge is 0.186 e. The Kier molecular flexibility index (Phi) is 3.26. The van der Waals surface area contributed by atoms with Crippen molar-refractivity contribution in [2.45, 2.75) is 0 Å². The monoisotopic (exact) mass is 207 g/mol. The van der Waals surface area contributed by atoms with Crippen LogP contribution in [0.25, 0.3) is 0 Å². The van der Waals surface area contributed by atoms with E-state index in [2.05, 4.69) is 5.32 Å². The Labute approximate surface area is 87.4 Å². The van der Waals surface area contributed by atoms with E-state index < -0.39 is 0 Å². The molecule has 1 aromatic carbocycles. The number of anilines is 1. The van der Waals surface area contributed by atoms with Crippen molar-refractivity contribution in [1.29, 1.82) is 5.26 Å². The third-order valence-electron chi connectivity index (χ3n) is 1.57. The molecule has 0 heterocycles. The van der Waals surface area contributed by atoms with Gasteiger partial charge in [-0.15, -0.1) is 0 Å². The molecule has 0 saturated carbocycles. The molecule has 0 amide bonds. The number of nitriles is 1. The molecule has 0 aromatic heterocycles. The maximum Gasteiger partial charge on any atom is 0.186 e. The molecule has 0 saturated heterocycles. The standard InChI is InChI=1S/C9H9N3OS/c1-12(6-10)9(14)11-7-2-4-8(13)5-3-7/h2-5,13H,1H3,(H,11,14). The highest BCUT2D eigenvalue weighted by Crippen LogP contribution is 2.13. The number of nitrogens with one attached hydrogen (secondary N) is 1. The maximum atomic E-state index is 9.02. The average Bonchev–Trinajstić information content (AvgIpc) is 2.20. The first-order valence-electron chi connectivity index (χ1n) is 3.87. The summed E-state index contributed by atoms with van der Waals surface area (Å²) < 4.78 is 0. The first kappa shape index (κ1) is 10.3.